The molecule has 1 aromatic carbocycles. The third-order valence-electron chi connectivity index (χ3n) is 3.75. The lowest BCUT2D eigenvalue weighted by Crippen LogP contribution is -2.37. The molecule has 0 spiro atoms. The first kappa shape index (κ1) is 17.3. The van der Waals surface area contributed by atoms with Crippen LogP contribution in [0.4, 0.5) is 0 Å². The molecule has 0 aliphatic carbocycles. The van der Waals surface area contributed by atoms with E-state index in [1.54, 1.807) is 32.4 Å². The van der Waals surface area contributed by atoms with Gasteiger partial charge in [0, 0.05) is 25.2 Å². The van der Waals surface area contributed by atoms with Crippen LogP contribution in [0.2, 0.25) is 0 Å². The van der Waals surface area contributed by atoms with Crippen LogP contribution in [0.15, 0.2) is 18.2 Å². The summed E-state index contributed by atoms with van der Waals surface area (Å²) in [7, 11) is 5.19. The van der Waals surface area contributed by atoms with Gasteiger partial charge in [0.05, 0.1) is 19.8 Å². The number of likely N-dealkylation sites (N-methyl/N-ethyl adjacent to an activating group) is 1. The lowest BCUT2D eigenvalue weighted by atomic mass is 10.1. The van der Waals surface area contributed by atoms with Gasteiger partial charge in [0.1, 0.15) is 11.5 Å². The molecule has 0 aliphatic rings. The minimum atomic E-state index is -0.132. The van der Waals surface area contributed by atoms with Crippen molar-refractivity contribution in [2.45, 2.75) is 26.3 Å². The van der Waals surface area contributed by atoms with Gasteiger partial charge in [-0.2, -0.15) is 0 Å². The number of hydrogen-bond acceptors (Lipinski definition) is 4. The van der Waals surface area contributed by atoms with Gasteiger partial charge in [0.25, 0.3) is 5.91 Å². The van der Waals surface area contributed by atoms with Crippen LogP contribution in [0.1, 0.15) is 30.6 Å². The second kappa shape index (κ2) is 8.52. The summed E-state index contributed by atoms with van der Waals surface area (Å²) in [6.45, 7) is 5.75. The fraction of sp³-hybridized carbons (Fsp3) is 0.562. The number of nitrogens with one attached hydrogen (secondary N) is 1. The lowest BCUT2D eigenvalue weighted by Gasteiger charge is -2.23. The van der Waals surface area contributed by atoms with E-state index in [2.05, 4.69) is 31.1 Å². The van der Waals surface area contributed by atoms with Crippen molar-refractivity contribution >= 4 is 5.91 Å². The molecule has 0 heterocycles. The molecule has 0 radical (unpaired) electrons. The molecule has 0 saturated heterocycles. The summed E-state index contributed by atoms with van der Waals surface area (Å²) in [4.78, 5) is 14.4. The smallest absolute Gasteiger partial charge is 0.255 e. The first-order chi connectivity index (χ1) is 10.0. The highest BCUT2D eigenvalue weighted by atomic mass is 16.5. The van der Waals surface area contributed by atoms with Crippen molar-refractivity contribution < 1.29 is 14.3 Å². The first-order valence-electron chi connectivity index (χ1n) is 7.23. The van der Waals surface area contributed by atoms with Gasteiger partial charge in [0.2, 0.25) is 0 Å². The van der Waals surface area contributed by atoms with Gasteiger partial charge in [-0.15, -0.1) is 0 Å². The zero-order valence-electron chi connectivity index (χ0n) is 13.6. The molecule has 0 aliphatic heterocycles. The monoisotopic (exact) mass is 294 g/mol. The Balaban J connectivity index is 2.60. The van der Waals surface area contributed by atoms with E-state index in [0.717, 1.165) is 13.0 Å². The van der Waals surface area contributed by atoms with Crippen molar-refractivity contribution in [3.63, 3.8) is 0 Å². The number of carbonyl (C=O) groups excluding carboxylic acids is 1. The van der Waals surface area contributed by atoms with Crippen LogP contribution < -0.4 is 14.8 Å². The second-order valence-electron chi connectivity index (χ2n) is 5.06. The number of amides is 1. The summed E-state index contributed by atoms with van der Waals surface area (Å²) < 4.78 is 10.4. The maximum absolute atomic E-state index is 12.2. The van der Waals surface area contributed by atoms with Gasteiger partial charge in [0.15, 0.2) is 0 Å². The Labute approximate surface area is 127 Å². The minimum Gasteiger partial charge on any atom is -0.497 e. The summed E-state index contributed by atoms with van der Waals surface area (Å²) in [5.74, 6) is 1.05. The Morgan fingerprint density at radius 2 is 2.05 bits per heavy atom. The van der Waals surface area contributed by atoms with Gasteiger partial charge in [-0.05, 0) is 32.5 Å². The second-order valence-corrected chi connectivity index (χ2v) is 5.06. The third-order valence-corrected chi connectivity index (χ3v) is 3.75. The van der Waals surface area contributed by atoms with Crippen molar-refractivity contribution in [3.05, 3.63) is 23.8 Å². The van der Waals surface area contributed by atoms with E-state index in [1.165, 1.54) is 0 Å². The van der Waals surface area contributed by atoms with Gasteiger partial charge >= 0.3 is 0 Å². The summed E-state index contributed by atoms with van der Waals surface area (Å²) in [5.41, 5.74) is 0.518. The molecular weight excluding hydrogens is 268 g/mol. The quantitative estimate of drug-likeness (QED) is 0.798. The van der Waals surface area contributed by atoms with Gasteiger partial charge in [-0.1, -0.05) is 6.92 Å². The van der Waals surface area contributed by atoms with E-state index >= 15 is 0 Å². The van der Waals surface area contributed by atoms with E-state index in [9.17, 15) is 4.79 Å². The van der Waals surface area contributed by atoms with Crippen molar-refractivity contribution in [1.29, 1.82) is 0 Å². The van der Waals surface area contributed by atoms with E-state index in [-0.39, 0.29) is 5.91 Å². The predicted octanol–water partition coefficient (Wildman–Crippen LogP) is 2.16. The molecule has 1 atom stereocenters. The third kappa shape index (κ3) is 4.93. The Morgan fingerprint density at radius 3 is 2.62 bits per heavy atom. The first-order valence-corrected chi connectivity index (χ1v) is 7.23. The summed E-state index contributed by atoms with van der Waals surface area (Å²) in [6, 6.07) is 5.69. The summed E-state index contributed by atoms with van der Waals surface area (Å²) in [6.07, 6.45) is 1.09. The van der Waals surface area contributed by atoms with E-state index in [1.807, 2.05) is 0 Å². The van der Waals surface area contributed by atoms with Crippen LogP contribution in [-0.4, -0.2) is 51.2 Å². The molecule has 1 aromatic rings. The molecule has 5 heteroatoms. The molecule has 1 unspecified atom stereocenters. The van der Waals surface area contributed by atoms with Crippen LogP contribution >= 0.6 is 0 Å². The number of hydrogen-bond donors (Lipinski definition) is 1. The number of rotatable bonds is 8. The van der Waals surface area contributed by atoms with Crippen LogP contribution in [0.5, 0.6) is 11.5 Å². The SMILES string of the molecule is CCC(C)N(C)CCNC(=O)c1ccc(OC)cc1OC. The summed E-state index contributed by atoms with van der Waals surface area (Å²) in [5, 5.41) is 2.92. The number of methoxy groups -OCH3 is 2. The molecule has 0 saturated carbocycles. The van der Waals surface area contributed by atoms with Crippen LogP contribution in [0, 0.1) is 0 Å². The highest BCUT2D eigenvalue weighted by Crippen LogP contribution is 2.24. The Hall–Kier alpha value is -1.75. The van der Waals surface area contributed by atoms with E-state index < -0.39 is 0 Å². The number of nitrogens with zero attached hydrogens (tertiary/aromatic N) is 1. The average molecular weight is 294 g/mol. The zero-order chi connectivity index (χ0) is 15.8. The molecule has 0 bridgehead atoms. The topological polar surface area (TPSA) is 50.8 Å². The van der Waals surface area contributed by atoms with Crippen molar-refractivity contribution in [2.24, 2.45) is 0 Å². The molecule has 21 heavy (non-hydrogen) atoms. The standard InChI is InChI=1S/C16H26N2O3/c1-6-12(2)18(3)10-9-17-16(19)14-8-7-13(20-4)11-15(14)21-5/h7-8,11-12H,6,9-10H2,1-5H3,(H,17,19). The molecule has 1 N–H and O–H groups in total. The van der Waals surface area contributed by atoms with E-state index in [0.29, 0.717) is 29.6 Å². The Morgan fingerprint density at radius 1 is 1.33 bits per heavy atom. The molecule has 0 aromatic heterocycles. The normalized spacial score (nSPS) is 12.1. The molecule has 5 nitrogen and oxygen atoms in total. The van der Waals surface area contributed by atoms with Gasteiger partial charge < -0.3 is 19.7 Å². The maximum atomic E-state index is 12.2. The van der Waals surface area contributed by atoms with Crippen molar-refractivity contribution in [1.82, 2.24) is 10.2 Å². The largest absolute Gasteiger partial charge is 0.497 e. The fourth-order valence-electron chi connectivity index (χ4n) is 1.96. The Bertz CT molecular complexity index is 463. The van der Waals surface area contributed by atoms with Crippen molar-refractivity contribution in [3.8, 4) is 11.5 Å². The van der Waals surface area contributed by atoms with Crippen molar-refractivity contribution in [2.75, 3.05) is 34.4 Å². The maximum Gasteiger partial charge on any atom is 0.255 e. The molecule has 118 valence electrons. The number of ether oxygens (including phenoxy) is 2. The summed E-state index contributed by atoms with van der Waals surface area (Å²) >= 11 is 0. The number of carbonyl (C=O) groups is 1. The molecule has 1 rings (SSSR count). The lowest BCUT2D eigenvalue weighted by molar-refractivity contribution is 0.0944. The van der Waals surface area contributed by atoms with E-state index in [4.69, 9.17) is 9.47 Å². The highest BCUT2D eigenvalue weighted by molar-refractivity contribution is 5.97. The van der Waals surface area contributed by atoms with Crippen LogP contribution in [-0.2, 0) is 0 Å². The highest BCUT2D eigenvalue weighted by Gasteiger charge is 2.13. The fourth-order valence-corrected chi connectivity index (χ4v) is 1.96. The average Bonchev–Trinajstić information content (AvgIpc) is 2.52. The molecular formula is C16H26N2O3. The Kier molecular flexibility index (Phi) is 7.02. The van der Waals surface area contributed by atoms with Crippen LogP contribution in [0.25, 0.3) is 0 Å². The minimum absolute atomic E-state index is 0.132. The zero-order valence-corrected chi connectivity index (χ0v) is 13.6. The van der Waals surface area contributed by atoms with Gasteiger partial charge in [-0.3, -0.25) is 4.79 Å². The predicted molar refractivity (Wildman–Crippen MR) is 84.3 cm³/mol. The van der Waals surface area contributed by atoms with Gasteiger partial charge in [-0.25, -0.2) is 0 Å². The molecule has 1 amide bonds. The number of benzene rings is 1. The molecule has 0 fully saturated rings. The van der Waals surface area contributed by atoms with Crippen LogP contribution in [0.3, 0.4) is 0 Å².